The van der Waals surface area contributed by atoms with Gasteiger partial charge in [0.2, 0.25) is 5.91 Å². The Morgan fingerprint density at radius 2 is 1.86 bits per heavy atom. The molecule has 0 aromatic heterocycles. The fraction of sp³-hybridized carbons (Fsp3) is 0.882. The van der Waals surface area contributed by atoms with Gasteiger partial charge in [0.05, 0.1) is 13.5 Å². The van der Waals surface area contributed by atoms with Crippen LogP contribution in [0, 0.1) is 5.92 Å². The van der Waals surface area contributed by atoms with E-state index in [2.05, 4.69) is 5.32 Å². The van der Waals surface area contributed by atoms with E-state index in [0.717, 1.165) is 13.0 Å². The van der Waals surface area contributed by atoms with E-state index in [1.807, 2.05) is 11.8 Å². The number of piperidine rings is 1. The molecule has 2 aliphatic rings. The maximum atomic E-state index is 12.1. The smallest absolute Gasteiger partial charge is 0.305 e. The van der Waals surface area contributed by atoms with Crippen LogP contribution < -0.4 is 5.32 Å². The zero-order chi connectivity index (χ0) is 15.9. The summed E-state index contributed by atoms with van der Waals surface area (Å²) in [6.45, 7) is 3.36. The van der Waals surface area contributed by atoms with E-state index in [9.17, 15) is 9.59 Å². The first kappa shape index (κ1) is 17.3. The largest absolute Gasteiger partial charge is 0.469 e. The van der Waals surface area contributed by atoms with Crippen molar-refractivity contribution in [3.05, 3.63) is 0 Å². The third kappa shape index (κ3) is 4.97. The van der Waals surface area contributed by atoms with Crippen LogP contribution in [-0.4, -0.2) is 49.1 Å². The summed E-state index contributed by atoms with van der Waals surface area (Å²) in [7, 11) is 1.43. The molecule has 1 saturated heterocycles. The Morgan fingerprint density at radius 3 is 2.50 bits per heavy atom. The van der Waals surface area contributed by atoms with Gasteiger partial charge in [0.1, 0.15) is 0 Å². The molecule has 0 aromatic carbocycles. The molecule has 5 nitrogen and oxygen atoms in total. The lowest BCUT2D eigenvalue weighted by Crippen LogP contribution is -2.54. The van der Waals surface area contributed by atoms with E-state index in [0.29, 0.717) is 31.5 Å². The SMILES string of the molecule is CCC(=O)N1CC(CC(=O)OC)CC(NC2CCCCC2)C1. The molecule has 2 atom stereocenters. The normalized spacial score (nSPS) is 26.7. The number of nitrogens with one attached hydrogen (secondary N) is 1. The molecule has 5 heteroatoms. The molecule has 1 saturated carbocycles. The number of likely N-dealkylation sites (tertiary alicyclic amines) is 1. The van der Waals surface area contributed by atoms with Crippen LogP contribution in [0.4, 0.5) is 0 Å². The predicted molar refractivity (Wildman–Crippen MR) is 85.4 cm³/mol. The quantitative estimate of drug-likeness (QED) is 0.790. The predicted octanol–water partition coefficient (Wildman–Crippen LogP) is 2.10. The van der Waals surface area contributed by atoms with Crippen molar-refractivity contribution in [2.24, 2.45) is 5.92 Å². The van der Waals surface area contributed by atoms with Crippen molar-refractivity contribution in [1.82, 2.24) is 10.2 Å². The van der Waals surface area contributed by atoms with E-state index in [1.54, 1.807) is 0 Å². The zero-order valence-corrected chi connectivity index (χ0v) is 14.0. The molecule has 1 N–H and O–H groups in total. The number of nitrogens with zero attached hydrogens (tertiary/aromatic N) is 1. The molecule has 1 aliphatic carbocycles. The highest BCUT2D eigenvalue weighted by atomic mass is 16.5. The summed E-state index contributed by atoms with van der Waals surface area (Å²) in [5.41, 5.74) is 0. The fourth-order valence-electron chi connectivity index (χ4n) is 3.82. The Morgan fingerprint density at radius 1 is 1.14 bits per heavy atom. The van der Waals surface area contributed by atoms with Gasteiger partial charge in [-0.2, -0.15) is 0 Å². The molecule has 126 valence electrons. The standard InChI is InChI=1S/C17H30N2O3/c1-3-16(20)19-11-13(10-17(21)22-2)9-15(12-19)18-14-7-5-4-6-8-14/h13-15,18H,3-12H2,1-2H3. The molecule has 22 heavy (non-hydrogen) atoms. The number of ether oxygens (including phenoxy) is 1. The Kier molecular flexibility index (Phi) is 6.68. The van der Waals surface area contributed by atoms with Gasteiger partial charge in [0.25, 0.3) is 0 Å². The summed E-state index contributed by atoms with van der Waals surface area (Å²) < 4.78 is 4.80. The van der Waals surface area contributed by atoms with Crippen LogP contribution in [0.2, 0.25) is 0 Å². The first-order chi connectivity index (χ1) is 10.6. The highest BCUT2D eigenvalue weighted by molar-refractivity contribution is 5.76. The molecule has 2 fully saturated rings. The monoisotopic (exact) mass is 310 g/mol. The lowest BCUT2D eigenvalue weighted by molar-refractivity contribution is -0.143. The van der Waals surface area contributed by atoms with E-state index >= 15 is 0 Å². The van der Waals surface area contributed by atoms with Gasteiger partial charge in [-0.05, 0) is 25.2 Å². The Balaban J connectivity index is 1.94. The van der Waals surface area contributed by atoms with Gasteiger partial charge >= 0.3 is 5.97 Å². The molecule has 2 rings (SSSR count). The average molecular weight is 310 g/mol. The van der Waals surface area contributed by atoms with Crippen LogP contribution in [0.15, 0.2) is 0 Å². The van der Waals surface area contributed by atoms with Crippen LogP contribution in [0.1, 0.15) is 58.3 Å². The summed E-state index contributed by atoms with van der Waals surface area (Å²) in [5.74, 6) is 0.218. The summed E-state index contributed by atoms with van der Waals surface area (Å²) >= 11 is 0. The highest BCUT2D eigenvalue weighted by Gasteiger charge is 2.32. The van der Waals surface area contributed by atoms with Gasteiger partial charge in [-0.3, -0.25) is 9.59 Å². The third-order valence-corrected chi connectivity index (χ3v) is 4.95. The van der Waals surface area contributed by atoms with Crippen LogP contribution in [0.5, 0.6) is 0 Å². The average Bonchev–Trinajstić information content (AvgIpc) is 2.54. The van der Waals surface area contributed by atoms with Crippen LogP contribution >= 0.6 is 0 Å². The van der Waals surface area contributed by atoms with Crippen molar-refractivity contribution in [3.8, 4) is 0 Å². The summed E-state index contributed by atoms with van der Waals surface area (Å²) in [4.78, 5) is 25.6. The minimum atomic E-state index is -0.174. The summed E-state index contributed by atoms with van der Waals surface area (Å²) in [5, 5.41) is 3.74. The van der Waals surface area contributed by atoms with E-state index in [4.69, 9.17) is 4.74 Å². The van der Waals surface area contributed by atoms with Gasteiger partial charge in [-0.15, -0.1) is 0 Å². The first-order valence-electron chi connectivity index (χ1n) is 8.73. The number of methoxy groups -OCH3 is 1. The lowest BCUT2D eigenvalue weighted by atomic mass is 9.89. The van der Waals surface area contributed by atoms with Gasteiger partial charge in [-0.25, -0.2) is 0 Å². The van der Waals surface area contributed by atoms with E-state index in [-0.39, 0.29) is 17.8 Å². The van der Waals surface area contributed by atoms with Gasteiger partial charge in [0.15, 0.2) is 0 Å². The van der Waals surface area contributed by atoms with Crippen LogP contribution in [-0.2, 0) is 14.3 Å². The summed E-state index contributed by atoms with van der Waals surface area (Å²) in [6, 6.07) is 0.885. The Labute approximate surface area is 133 Å². The van der Waals surface area contributed by atoms with Crippen molar-refractivity contribution < 1.29 is 14.3 Å². The van der Waals surface area contributed by atoms with Crippen molar-refractivity contribution >= 4 is 11.9 Å². The molecule has 1 aliphatic heterocycles. The third-order valence-electron chi connectivity index (χ3n) is 4.95. The second-order valence-corrected chi connectivity index (χ2v) is 6.73. The number of esters is 1. The number of rotatable bonds is 5. The van der Waals surface area contributed by atoms with Gasteiger partial charge in [0, 0.05) is 31.6 Å². The number of amides is 1. The van der Waals surface area contributed by atoms with Crippen molar-refractivity contribution in [2.45, 2.75) is 70.4 Å². The van der Waals surface area contributed by atoms with Crippen molar-refractivity contribution in [1.29, 1.82) is 0 Å². The Hall–Kier alpha value is -1.10. The molecule has 0 radical (unpaired) electrons. The molecule has 0 bridgehead atoms. The molecular formula is C17H30N2O3. The van der Waals surface area contributed by atoms with Crippen molar-refractivity contribution in [2.75, 3.05) is 20.2 Å². The molecule has 0 aromatic rings. The lowest BCUT2D eigenvalue weighted by Gasteiger charge is -2.40. The molecule has 1 heterocycles. The topological polar surface area (TPSA) is 58.6 Å². The fourth-order valence-corrected chi connectivity index (χ4v) is 3.82. The van der Waals surface area contributed by atoms with E-state index in [1.165, 1.54) is 39.2 Å². The number of carbonyl (C=O) groups excluding carboxylic acids is 2. The molecule has 0 spiro atoms. The minimum absolute atomic E-state index is 0.174. The zero-order valence-electron chi connectivity index (χ0n) is 14.0. The molecular weight excluding hydrogens is 280 g/mol. The second kappa shape index (κ2) is 8.51. The Bertz CT molecular complexity index is 380. The number of carbonyl (C=O) groups is 2. The second-order valence-electron chi connectivity index (χ2n) is 6.73. The molecule has 1 amide bonds. The van der Waals surface area contributed by atoms with Gasteiger partial charge in [-0.1, -0.05) is 26.2 Å². The maximum Gasteiger partial charge on any atom is 0.305 e. The van der Waals surface area contributed by atoms with Crippen molar-refractivity contribution in [3.63, 3.8) is 0 Å². The number of hydrogen-bond donors (Lipinski definition) is 1. The number of hydrogen-bond acceptors (Lipinski definition) is 4. The summed E-state index contributed by atoms with van der Waals surface area (Å²) in [6.07, 6.45) is 8.31. The highest BCUT2D eigenvalue weighted by Crippen LogP contribution is 2.24. The van der Waals surface area contributed by atoms with Crippen LogP contribution in [0.25, 0.3) is 0 Å². The first-order valence-corrected chi connectivity index (χ1v) is 8.73. The maximum absolute atomic E-state index is 12.1. The van der Waals surface area contributed by atoms with Gasteiger partial charge < -0.3 is 15.0 Å². The minimum Gasteiger partial charge on any atom is -0.469 e. The van der Waals surface area contributed by atoms with E-state index < -0.39 is 0 Å². The molecule has 2 unspecified atom stereocenters. The van der Waals surface area contributed by atoms with Crippen LogP contribution in [0.3, 0.4) is 0 Å².